The Kier molecular flexibility index (Phi) is 5.87. The maximum Gasteiger partial charge on any atom is 0.341 e. The Labute approximate surface area is 169 Å². The third kappa shape index (κ3) is 4.23. The lowest BCUT2D eigenvalue weighted by Crippen LogP contribution is -2.28. The van der Waals surface area contributed by atoms with Gasteiger partial charge in [-0.3, -0.25) is 4.79 Å². The number of amides is 1. The van der Waals surface area contributed by atoms with E-state index in [1.54, 1.807) is 24.9 Å². The van der Waals surface area contributed by atoms with Crippen molar-refractivity contribution in [3.8, 4) is 5.69 Å². The molecule has 0 N–H and O–H groups in total. The van der Waals surface area contributed by atoms with Crippen LogP contribution in [0.4, 0.5) is 0 Å². The van der Waals surface area contributed by atoms with Crippen LogP contribution in [0, 0.1) is 20.8 Å². The summed E-state index contributed by atoms with van der Waals surface area (Å²) in [5.74, 6) is 0.499. The summed E-state index contributed by atoms with van der Waals surface area (Å²) in [7, 11) is 3.04. The highest BCUT2D eigenvalue weighted by molar-refractivity contribution is 5.90. The number of rotatable bonds is 6. The van der Waals surface area contributed by atoms with Gasteiger partial charge in [0.15, 0.2) is 0 Å². The van der Waals surface area contributed by atoms with Crippen molar-refractivity contribution in [2.24, 2.45) is 0 Å². The highest BCUT2D eigenvalue weighted by Crippen LogP contribution is 2.20. The van der Waals surface area contributed by atoms with Crippen LogP contribution < -0.4 is 0 Å². The second-order valence-electron chi connectivity index (χ2n) is 7.00. The van der Waals surface area contributed by atoms with Gasteiger partial charge in [-0.05, 0) is 39.0 Å². The number of hydrogen-bond donors (Lipinski definition) is 0. The van der Waals surface area contributed by atoms with Crippen LogP contribution in [0.3, 0.4) is 0 Å². The summed E-state index contributed by atoms with van der Waals surface area (Å²) < 4.78 is 12.2. The van der Waals surface area contributed by atoms with Gasteiger partial charge in [0.25, 0.3) is 0 Å². The van der Waals surface area contributed by atoms with Crippen molar-refractivity contribution in [1.82, 2.24) is 14.7 Å². The number of para-hydroxylation sites is 1. The number of ether oxygens (including phenoxy) is 1. The first-order valence-corrected chi connectivity index (χ1v) is 9.34. The zero-order chi connectivity index (χ0) is 21.1. The molecule has 0 saturated carbocycles. The molecular formula is C22H25N3O4. The smallest absolute Gasteiger partial charge is 0.341 e. The van der Waals surface area contributed by atoms with E-state index in [4.69, 9.17) is 9.15 Å². The fraction of sp³-hybridized carbons (Fsp3) is 0.318. The highest BCUT2D eigenvalue weighted by atomic mass is 16.5. The quantitative estimate of drug-likeness (QED) is 0.598. The molecule has 7 heteroatoms. The van der Waals surface area contributed by atoms with Gasteiger partial charge < -0.3 is 14.1 Å². The molecule has 29 heavy (non-hydrogen) atoms. The van der Waals surface area contributed by atoms with Gasteiger partial charge in [-0.2, -0.15) is 5.10 Å². The maximum absolute atomic E-state index is 12.8. The summed E-state index contributed by atoms with van der Waals surface area (Å²) in [6.07, 6.45) is 0.241. The fourth-order valence-corrected chi connectivity index (χ4v) is 3.29. The van der Waals surface area contributed by atoms with Crippen molar-refractivity contribution >= 4 is 11.9 Å². The molecule has 0 saturated heterocycles. The summed E-state index contributed by atoms with van der Waals surface area (Å²) >= 11 is 0. The van der Waals surface area contributed by atoms with Gasteiger partial charge in [0, 0.05) is 18.3 Å². The largest absolute Gasteiger partial charge is 0.465 e. The van der Waals surface area contributed by atoms with Crippen LogP contribution in [-0.2, 0) is 22.5 Å². The predicted octanol–water partition coefficient (Wildman–Crippen LogP) is 3.38. The van der Waals surface area contributed by atoms with Crippen LogP contribution in [0.5, 0.6) is 0 Å². The molecule has 0 spiro atoms. The summed E-state index contributed by atoms with van der Waals surface area (Å²) in [5, 5.41) is 4.60. The molecule has 0 aliphatic carbocycles. The van der Waals surface area contributed by atoms with Crippen molar-refractivity contribution < 1.29 is 18.7 Å². The molecule has 3 aromatic rings. The van der Waals surface area contributed by atoms with Crippen molar-refractivity contribution in [2.45, 2.75) is 33.7 Å². The molecule has 7 nitrogen and oxygen atoms in total. The summed E-state index contributed by atoms with van der Waals surface area (Å²) in [6.45, 7) is 5.84. The first-order valence-electron chi connectivity index (χ1n) is 9.34. The van der Waals surface area contributed by atoms with Crippen molar-refractivity contribution in [3.63, 3.8) is 0 Å². The van der Waals surface area contributed by atoms with Crippen molar-refractivity contribution in [2.75, 3.05) is 14.2 Å². The lowest BCUT2D eigenvalue weighted by atomic mass is 10.1. The average Bonchev–Trinajstić information content (AvgIpc) is 3.21. The molecule has 152 valence electrons. The zero-order valence-corrected chi connectivity index (χ0v) is 17.4. The monoisotopic (exact) mass is 395 g/mol. The van der Waals surface area contributed by atoms with Crippen molar-refractivity contribution in [1.29, 1.82) is 0 Å². The van der Waals surface area contributed by atoms with E-state index in [0.717, 1.165) is 22.6 Å². The Bertz CT molecular complexity index is 1030. The van der Waals surface area contributed by atoms with Crippen LogP contribution in [-0.4, -0.2) is 40.7 Å². The van der Waals surface area contributed by atoms with Gasteiger partial charge in [0.2, 0.25) is 5.91 Å². The van der Waals surface area contributed by atoms with E-state index in [1.807, 2.05) is 48.9 Å². The number of aromatic nitrogens is 2. The van der Waals surface area contributed by atoms with Gasteiger partial charge in [-0.25, -0.2) is 9.48 Å². The number of aryl methyl sites for hydroxylation is 2. The number of methoxy groups -OCH3 is 1. The van der Waals surface area contributed by atoms with E-state index in [0.29, 0.717) is 17.1 Å². The molecular weight excluding hydrogens is 370 g/mol. The van der Waals surface area contributed by atoms with E-state index in [1.165, 1.54) is 7.11 Å². The summed E-state index contributed by atoms with van der Waals surface area (Å²) in [4.78, 5) is 26.1. The number of likely N-dealkylation sites (N-methyl/N-ethyl adjacent to an activating group) is 1. The SMILES string of the molecule is COC(=O)c1cc(CN(C)C(=O)Cc2c(C)nn(-c3ccccc3)c2C)oc1C. The van der Waals surface area contributed by atoms with E-state index >= 15 is 0 Å². The number of benzene rings is 1. The molecule has 1 aromatic carbocycles. The highest BCUT2D eigenvalue weighted by Gasteiger charge is 2.21. The molecule has 0 radical (unpaired) electrons. The Morgan fingerprint density at radius 2 is 1.86 bits per heavy atom. The lowest BCUT2D eigenvalue weighted by Gasteiger charge is -2.16. The Morgan fingerprint density at radius 3 is 2.52 bits per heavy atom. The number of hydrogen-bond acceptors (Lipinski definition) is 5. The number of furan rings is 1. The molecule has 0 aliphatic heterocycles. The average molecular weight is 395 g/mol. The molecule has 2 heterocycles. The van der Waals surface area contributed by atoms with E-state index in [2.05, 4.69) is 5.10 Å². The molecule has 2 aromatic heterocycles. The van der Waals surface area contributed by atoms with E-state index < -0.39 is 5.97 Å². The Balaban J connectivity index is 1.74. The van der Waals surface area contributed by atoms with Crippen LogP contribution in [0.1, 0.15) is 38.8 Å². The Hall–Kier alpha value is -3.35. The molecule has 1 amide bonds. The first-order chi connectivity index (χ1) is 13.8. The van der Waals surface area contributed by atoms with Crippen LogP contribution >= 0.6 is 0 Å². The number of carbonyl (C=O) groups is 2. The number of nitrogens with zero attached hydrogens (tertiary/aromatic N) is 3. The Morgan fingerprint density at radius 1 is 1.17 bits per heavy atom. The number of esters is 1. The minimum absolute atomic E-state index is 0.0579. The third-order valence-electron chi connectivity index (χ3n) is 4.96. The van der Waals surface area contributed by atoms with Gasteiger partial charge in [0.1, 0.15) is 17.1 Å². The summed E-state index contributed by atoms with van der Waals surface area (Å²) in [6, 6.07) is 11.5. The maximum atomic E-state index is 12.8. The zero-order valence-electron chi connectivity index (χ0n) is 17.4. The van der Waals surface area contributed by atoms with Gasteiger partial charge in [-0.1, -0.05) is 18.2 Å². The van der Waals surface area contributed by atoms with Crippen LogP contribution in [0.15, 0.2) is 40.8 Å². The van der Waals surface area contributed by atoms with Gasteiger partial charge in [-0.15, -0.1) is 0 Å². The summed E-state index contributed by atoms with van der Waals surface area (Å²) in [5.41, 5.74) is 4.02. The minimum atomic E-state index is -0.453. The fourth-order valence-electron chi connectivity index (χ4n) is 3.29. The molecule has 0 bridgehead atoms. The number of carbonyl (C=O) groups excluding carboxylic acids is 2. The third-order valence-corrected chi connectivity index (χ3v) is 4.96. The lowest BCUT2D eigenvalue weighted by molar-refractivity contribution is -0.129. The topological polar surface area (TPSA) is 77.6 Å². The van der Waals surface area contributed by atoms with E-state index in [9.17, 15) is 9.59 Å². The van der Waals surface area contributed by atoms with Crippen LogP contribution in [0.25, 0.3) is 5.69 Å². The van der Waals surface area contributed by atoms with Gasteiger partial charge in [0.05, 0.1) is 31.5 Å². The first kappa shape index (κ1) is 20.4. The predicted molar refractivity (Wildman–Crippen MR) is 108 cm³/mol. The van der Waals surface area contributed by atoms with Crippen LogP contribution in [0.2, 0.25) is 0 Å². The van der Waals surface area contributed by atoms with E-state index in [-0.39, 0.29) is 18.9 Å². The standard InChI is InChI=1S/C22H25N3O4/c1-14-19(15(2)25(23-14)17-9-7-6-8-10-17)12-21(26)24(4)13-18-11-20(16(3)29-18)22(27)28-5/h6-11H,12-13H2,1-5H3. The molecule has 3 rings (SSSR count). The minimum Gasteiger partial charge on any atom is -0.465 e. The van der Waals surface area contributed by atoms with Gasteiger partial charge >= 0.3 is 5.97 Å². The second-order valence-corrected chi connectivity index (χ2v) is 7.00. The second kappa shape index (κ2) is 8.34. The van der Waals surface area contributed by atoms with Crippen molar-refractivity contribution in [3.05, 3.63) is 70.4 Å². The molecule has 0 aliphatic rings. The molecule has 0 atom stereocenters. The molecule has 0 fully saturated rings. The molecule has 0 unspecified atom stereocenters. The normalized spacial score (nSPS) is 10.8.